The minimum Gasteiger partial charge on any atom is -0.388 e. The summed E-state index contributed by atoms with van der Waals surface area (Å²) in [6.07, 6.45) is 1.63. The first kappa shape index (κ1) is 13.1. The summed E-state index contributed by atoms with van der Waals surface area (Å²) in [5.74, 6) is 0. The lowest BCUT2D eigenvalue weighted by atomic mass is 10.2. The van der Waals surface area contributed by atoms with Crippen LogP contribution in [0.5, 0.6) is 0 Å². The van der Waals surface area contributed by atoms with Crippen molar-refractivity contribution in [3.05, 3.63) is 52.3 Å². The topological polar surface area (TPSA) is 50.9 Å². The van der Waals surface area contributed by atoms with Gasteiger partial charge in [0.1, 0.15) is 10.7 Å². The zero-order chi connectivity index (χ0) is 13.1. The van der Waals surface area contributed by atoms with Gasteiger partial charge in [0, 0.05) is 21.9 Å². The van der Waals surface area contributed by atoms with Crippen LogP contribution in [0.2, 0.25) is 10.0 Å². The van der Waals surface area contributed by atoms with E-state index in [4.69, 9.17) is 41.2 Å². The zero-order valence-electron chi connectivity index (χ0n) is 9.15. The smallest absolute Gasteiger partial charge is 0.124 e. The van der Waals surface area contributed by atoms with Crippen LogP contribution in [0.4, 0.5) is 11.4 Å². The van der Waals surface area contributed by atoms with Crippen molar-refractivity contribution in [2.24, 2.45) is 5.73 Å². The molecule has 0 saturated carbocycles. The Balaban J connectivity index is 2.37. The molecular weight excluding hydrogens is 289 g/mol. The summed E-state index contributed by atoms with van der Waals surface area (Å²) in [5.41, 5.74) is 7.60. The summed E-state index contributed by atoms with van der Waals surface area (Å²) in [5, 5.41) is 4.23. The fraction of sp³-hybridized carbons (Fsp3) is 0. The normalized spacial score (nSPS) is 10.1. The Morgan fingerprint density at radius 1 is 1.22 bits per heavy atom. The van der Waals surface area contributed by atoms with Crippen LogP contribution < -0.4 is 11.1 Å². The standard InChI is InChI=1S/C12H9Cl2N3S/c13-7-4-8(14)6-9(5-7)17-10-2-1-3-16-11(10)12(15)18/h1-6,17H,(H2,15,18). The van der Waals surface area contributed by atoms with Gasteiger partial charge in [0.2, 0.25) is 0 Å². The molecule has 0 aliphatic rings. The number of hydrogen-bond donors (Lipinski definition) is 2. The molecule has 18 heavy (non-hydrogen) atoms. The summed E-state index contributed by atoms with van der Waals surface area (Å²) < 4.78 is 0. The maximum atomic E-state index is 5.93. The molecule has 0 saturated heterocycles. The van der Waals surface area contributed by atoms with E-state index in [0.29, 0.717) is 21.4 Å². The summed E-state index contributed by atoms with van der Waals surface area (Å²) >= 11 is 16.8. The molecule has 0 bridgehead atoms. The highest BCUT2D eigenvalue weighted by Gasteiger charge is 2.07. The summed E-state index contributed by atoms with van der Waals surface area (Å²) in [4.78, 5) is 4.35. The van der Waals surface area contributed by atoms with Gasteiger partial charge in [0.25, 0.3) is 0 Å². The van der Waals surface area contributed by atoms with E-state index in [1.54, 1.807) is 30.5 Å². The van der Waals surface area contributed by atoms with E-state index in [2.05, 4.69) is 10.3 Å². The number of hydrogen-bond acceptors (Lipinski definition) is 3. The molecule has 0 amide bonds. The Hall–Kier alpha value is -1.36. The van der Waals surface area contributed by atoms with Crippen LogP contribution in [0, 0.1) is 0 Å². The Kier molecular flexibility index (Phi) is 4.01. The van der Waals surface area contributed by atoms with Gasteiger partial charge < -0.3 is 11.1 Å². The van der Waals surface area contributed by atoms with Gasteiger partial charge in [-0.25, -0.2) is 0 Å². The first-order valence-corrected chi connectivity index (χ1v) is 6.20. The molecule has 0 atom stereocenters. The second-order valence-corrected chi connectivity index (χ2v) is 4.86. The SMILES string of the molecule is NC(=S)c1ncccc1Nc1cc(Cl)cc(Cl)c1. The zero-order valence-corrected chi connectivity index (χ0v) is 11.5. The van der Waals surface area contributed by atoms with Crippen molar-refractivity contribution >= 4 is 51.8 Å². The largest absolute Gasteiger partial charge is 0.388 e. The number of thiocarbonyl (C=S) groups is 1. The van der Waals surface area contributed by atoms with Crippen molar-refractivity contribution in [3.63, 3.8) is 0 Å². The highest BCUT2D eigenvalue weighted by atomic mass is 35.5. The lowest BCUT2D eigenvalue weighted by molar-refractivity contribution is 1.29. The van der Waals surface area contributed by atoms with Crippen LogP contribution in [-0.2, 0) is 0 Å². The van der Waals surface area contributed by atoms with E-state index >= 15 is 0 Å². The van der Waals surface area contributed by atoms with Crippen LogP contribution in [-0.4, -0.2) is 9.97 Å². The van der Waals surface area contributed by atoms with Crippen LogP contribution in [0.15, 0.2) is 36.5 Å². The quantitative estimate of drug-likeness (QED) is 0.847. The van der Waals surface area contributed by atoms with E-state index in [-0.39, 0.29) is 4.99 Å². The third-order valence-corrected chi connectivity index (χ3v) is 2.81. The van der Waals surface area contributed by atoms with Crippen molar-refractivity contribution < 1.29 is 0 Å². The highest BCUT2D eigenvalue weighted by Crippen LogP contribution is 2.26. The predicted octanol–water partition coefficient (Wildman–Crippen LogP) is 3.77. The van der Waals surface area contributed by atoms with Crippen LogP contribution in [0.25, 0.3) is 0 Å². The van der Waals surface area contributed by atoms with Crippen molar-refractivity contribution in [1.82, 2.24) is 4.98 Å². The Bertz CT molecular complexity index is 581. The molecule has 2 rings (SSSR count). The van der Waals surface area contributed by atoms with Gasteiger partial charge in [-0.05, 0) is 30.3 Å². The number of nitrogens with two attached hydrogens (primary N) is 1. The summed E-state index contributed by atoms with van der Waals surface area (Å²) in [6, 6.07) is 8.78. The maximum absolute atomic E-state index is 5.93. The van der Waals surface area contributed by atoms with Crippen LogP contribution in [0.1, 0.15) is 5.69 Å². The van der Waals surface area contributed by atoms with Gasteiger partial charge in [-0.2, -0.15) is 0 Å². The minimum atomic E-state index is 0.228. The molecule has 2 aromatic rings. The van der Waals surface area contributed by atoms with E-state index in [1.807, 2.05) is 6.07 Å². The number of halogens is 2. The fourth-order valence-corrected chi connectivity index (χ4v) is 2.17. The molecular formula is C12H9Cl2N3S. The van der Waals surface area contributed by atoms with Gasteiger partial charge in [-0.1, -0.05) is 35.4 Å². The molecule has 0 aliphatic heterocycles. The number of aromatic nitrogens is 1. The average Bonchev–Trinajstić information content (AvgIpc) is 2.27. The minimum absolute atomic E-state index is 0.228. The Morgan fingerprint density at radius 2 is 1.89 bits per heavy atom. The number of rotatable bonds is 3. The Morgan fingerprint density at radius 3 is 2.50 bits per heavy atom. The van der Waals surface area contributed by atoms with Gasteiger partial charge in [0.15, 0.2) is 0 Å². The number of benzene rings is 1. The van der Waals surface area contributed by atoms with Crippen molar-refractivity contribution in [3.8, 4) is 0 Å². The number of anilines is 2. The Labute approximate surface area is 120 Å². The third-order valence-electron chi connectivity index (χ3n) is 2.18. The fourth-order valence-electron chi connectivity index (χ4n) is 1.48. The molecule has 3 N–H and O–H groups in total. The van der Waals surface area contributed by atoms with Gasteiger partial charge >= 0.3 is 0 Å². The lowest BCUT2D eigenvalue weighted by Gasteiger charge is -2.10. The van der Waals surface area contributed by atoms with Gasteiger partial charge in [-0.3, -0.25) is 4.98 Å². The molecule has 0 aliphatic carbocycles. The summed E-state index contributed by atoms with van der Waals surface area (Å²) in [7, 11) is 0. The van der Waals surface area contributed by atoms with Crippen LogP contribution >= 0.6 is 35.4 Å². The second-order valence-electron chi connectivity index (χ2n) is 3.55. The molecule has 92 valence electrons. The molecule has 3 nitrogen and oxygen atoms in total. The molecule has 0 radical (unpaired) electrons. The molecule has 1 aromatic heterocycles. The van der Waals surface area contributed by atoms with Gasteiger partial charge in [-0.15, -0.1) is 0 Å². The van der Waals surface area contributed by atoms with Crippen molar-refractivity contribution in [2.75, 3.05) is 5.32 Å². The number of nitrogens with one attached hydrogen (secondary N) is 1. The molecule has 0 fully saturated rings. The van der Waals surface area contributed by atoms with Crippen molar-refractivity contribution in [2.45, 2.75) is 0 Å². The molecule has 1 heterocycles. The molecule has 6 heteroatoms. The van der Waals surface area contributed by atoms with E-state index in [9.17, 15) is 0 Å². The van der Waals surface area contributed by atoms with Crippen LogP contribution in [0.3, 0.4) is 0 Å². The first-order valence-electron chi connectivity index (χ1n) is 5.04. The number of nitrogens with zero attached hydrogens (tertiary/aromatic N) is 1. The second kappa shape index (κ2) is 5.52. The average molecular weight is 298 g/mol. The molecule has 0 unspecified atom stereocenters. The summed E-state index contributed by atoms with van der Waals surface area (Å²) in [6.45, 7) is 0. The lowest BCUT2D eigenvalue weighted by Crippen LogP contribution is -2.13. The monoisotopic (exact) mass is 297 g/mol. The first-order chi connectivity index (χ1) is 8.56. The van der Waals surface area contributed by atoms with E-state index in [0.717, 1.165) is 5.69 Å². The van der Waals surface area contributed by atoms with Gasteiger partial charge in [0.05, 0.1) is 5.69 Å². The predicted molar refractivity (Wildman–Crippen MR) is 79.9 cm³/mol. The maximum Gasteiger partial charge on any atom is 0.124 e. The highest BCUT2D eigenvalue weighted by molar-refractivity contribution is 7.80. The third kappa shape index (κ3) is 3.10. The molecule has 0 spiro atoms. The van der Waals surface area contributed by atoms with Crippen molar-refractivity contribution in [1.29, 1.82) is 0 Å². The molecule has 1 aromatic carbocycles. The number of pyridine rings is 1. The van der Waals surface area contributed by atoms with E-state index in [1.165, 1.54) is 0 Å². The van der Waals surface area contributed by atoms with E-state index < -0.39 is 0 Å².